The summed E-state index contributed by atoms with van der Waals surface area (Å²) in [7, 11) is 0. The molecule has 0 aliphatic rings. The van der Waals surface area contributed by atoms with Crippen LogP contribution in [0.25, 0.3) is 0 Å². The van der Waals surface area contributed by atoms with Gasteiger partial charge in [-0.3, -0.25) is 0 Å². The Hall–Kier alpha value is -0.410. The Bertz CT molecular complexity index is 490. The highest BCUT2D eigenvalue weighted by Gasteiger charge is 1.96. The first kappa shape index (κ1) is 14.7. The van der Waals surface area contributed by atoms with Crippen molar-refractivity contribution in [2.24, 2.45) is 0 Å². The molecule has 2 N–H and O–H groups in total. The van der Waals surface area contributed by atoms with Crippen molar-refractivity contribution in [1.29, 1.82) is 0 Å². The Balaban J connectivity index is 0.000000171. The summed E-state index contributed by atoms with van der Waals surface area (Å²) in [5.74, 6) is 0.350. The van der Waals surface area contributed by atoms with Gasteiger partial charge in [-0.05, 0) is 78.7 Å². The molecule has 0 aliphatic carbocycles. The molecule has 2 aromatic heterocycles. The zero-order valence-electron chi connectivity index (χ0n) is 8.31. The van der Waals surface area contributed by atoms with Crippen LogP contribution >= 0.6 is 54.5 Å². The fourth-order valence-electron chi connectivity index (χ4n) is 0.782. The van der Waals surface area contributed by atoms with Crippen LogP contribution in [0.2, 0.25) is 0 Å². The van der Waals surface area contributed by atoms with Crippen LogP contribution in [0.3, 0.4) is 0 Å². The van der Waals surface area contributed by atoms with Gasteiger partial charge in [-0.25, -0.2) is 9.97 Å². The molecule has 2 aromatic rings. The third kappa shape index (κ3) is 5.17. The average Bonchev–Trinajstić information content (AvgIpc) is 2.29. The van der Waals surface area contributed by atoms with Crippen LogP contribution in [0.15, 0.2) is 39.7 Å². The second kappa shape index (κ2) is 7.12. The third-order valence-corrected chi connectivity index (χ3v) is 3.33. The van der Waals surface area contributed by atoms with E-state index in [4.69, 9.17) is 10.2 Å². The van der Waals surface area contributed by atoms with E-state index in [2.05, 4.69) is 64.4 Å². The lowest BCUT2D eigenvalue weighted by molar-refractivity contribution is 0.468. The smallest absolute Gasteiger partial charge is 0.148 e. The van der Waals surface area contributed by atoms with Gasteiger partial charge in [0.1, 0.15) is 24.4 Å². The highest BCUT2D eigenvalue weighted by atomic mass is 127. The summed E-state index contributed by atoms with van der Waals surface area (Å²) >= 11 is 8.18. The van der Waals surface area contributed by atoms with Gasteiger partial charge in [0.25, 0.3) is 0 Å². The molecular weight excluding hydrogens is 467 g/mol. The number of nitrogens with zero attached hydrogens (tertiary/aromatic N) is 2. The molecule has 2 heterocycles. The Morgan fingerprint density at radius 2 is 1.65 bits per heavy atom. The molecule has 0 radical (unpaired) electrons. The molecule has 0 atom stereocenters. The molecule has 0 amide bonds. The van der Waals surface area contributed by atoms with Crippen LogP contribution in [-0.2, 0) is 0 Å². The molecule has 0 aliphatic heterocycles. The Morgan fingerprint density at radius 1 is 1.00 bits per heavy atom. The maximum absolute atomic E-state index is 8.93. The molecule has 0 saturated heterocycles. The Morgan fingerprint density at radius 3 is 2.06 bits per heavy atom. The van der Waals surface area contributed by atoms with Gasteiger partial charge in [0, 0.05) is 6.20 Å². The zero-order valence-corrected chi connectivity index (χ0v) is 13.6. The lowest BCUT2D eigenvalue weighted by Gasteiger charge is -1.93. The van der Waals surface area contributed by atoms with Gasteiger partial charge in [-0.2, -0.15) is 0 Å². The van der Waals surface area contributed by atoms with E-state index in [0.717, 1.165) is 3.70 Å². The lowest BCUT2D eigenvalue weighted by Crippen LogP contribution is -1.79. The number of halogens is 3. The average molecular weight is 474 g/mol. The Labute approximate surface area is 129 Å². The van der Waals surface area contributed by atoms with Crippen LogP contribution in [0.1, 0.15) is 0 Å². The summed E-state index contributed by atoms with van der Waals surface area (Å²) in [6.07, 6.45) is 1.60. The highest BCUT2D eigenvalue weighted by Crippen LogP contribution is 2.20. The number of aromatic hydroxyl groups is 2. The first-order valence-corrected chi connectivity index (χ1v) is 6.97. The van der Waals surface area contributed by atoms with Crippen LogP contribution in [0, 0.1) is 3.70 Å². The van der Waals surface area contributed by atoms with Crippen molar-refractivity contribution in [3.63, 3.8) is 0 Å². The molecule has 90 valence electrons. The van der Waals surface area contributed by atoms with Gasteiger partial charge in [0.2, 0.25) is 0 Å². The monoisotopic (exact) mass is 472 g/mol. The predicted molar refractivity (Wildman–Crippen MR) is 79.9 cm³/mol. The van der Waals surface area contributed by atoms with Crippen molar-refractivity contribution >= 4 is 54.5 Å². The van der Waals surface area contributed by atoms with Gasteiger partial charge in [0.05, 0.1) is 0 Å². The minimum atomic E-state index is 0.174. The number of aromatic nitrogens is 2. The van der Waals surface area contributed by atoms with Crippen LogP contribution in [0.4, 0.5) is 0 Å². The second-order valence-electron chi connectivity index (χ2n) is 2.76. The summed E-state index contributed by atoms with van der Waals surface area (Å²) in [5, 5.41) is 17.7. The minimum absolute atomic E-state index is 0.174. The predicted octanol–water partition coefficient (Wildman–Crippen LogP) is 3.70. The zero-order chi connectivity index (χ0) is 12.8. The van der Waals surface area contributed by atoms with Gasteiger partial charge in [0.15, 0.2) is 0 Å². The standard InChI is InChI=1S/C5H3BrINO.C5H4BrNO/c6-5-3(9)1-2-4(7)8-5;6-5-4(8)2-1-3-7-5/h1-2,9H;1-3,8H. The maximum Gasteiger partial charge on any atom is 0.148 e. The molecular formula is C10H7Br2IN2O2. The first-order chi connectivity index (χ1) is 8.00. The molecule has 7 heteroatoms. The van der Waals surface area contributed by atoms with Crippen LogP contribution < -0.4 is 0 Å². The molecule has 2 rings (SSSR count). The molecule has 0 fully saturated rings. The van der Waals surface area contributed by atoms with Crippen LogP contribution in [0.5, 0.6) is 11.5 Å². The summed E-state index contributed by atoms with van der Waals surface area (Å²) in [6, 6.07) is 6.57. The van der Waals surface area contributed by atoms with Gasteiger partial charge in [-0.1, -0.05) is 0 Å². The number of pyridine rings is 2. The van der Waals surface area contributed by atoms with Gasteiger partial charge >= 0.3 is 0 Å². The molecule has 4 nitrogen and oxygen atoms in total. The van der Waals surface area contributed by atoms with E-state index >= 15 is 0 Å². The van der Waals surface area contributed by atoms with Crippen molar-refractivity contribution in [3.05, 3.63) is 43.4 Å². The topological polar surface area (TPSA) is 66.2 Å². The molecule has 0 saturated carbocycles. The quantitative estimate of drug-likeness (QED) is 0.452. The number of hydrogen-bond acceptors (Lipinski definition) is 4. The lowest BCUT2D eigenvalue weighted by atomic mass is 10.5. The second-order valence-corrected chi connectivity index (χ2v) is 5.36. The molecule has 0 unspecified atom stereocenters. The summed E-state index contributed by atoms with van der Waals surface area (Å²) in [5.41, 5.74) is 0. The van der Waals surface area contributed by atoms with Gasteiger partial charge < -0.3 is 10.2 Å². The Kier molecular flexibility index (Phi) is 6.14. The number of hydrogen-bond donors (Lipinski definition) is 2. The third-order valence-electron chi connectivity index (χ3n) is 1.53. The van der Waals surface area contributed by atoms with E-state index in [1.54, 1.807) is 30.5 Å². The fourth-order valence-corrected chi connectivity index (χ4v) is 2.11. The van der Waals surface area contributed by atoms with E-state index in [1.165, 1.54) is 0 Å². The van der Waals surface area contributed by atoms with E-state index in [9.17, 15) is 0 Å². The first-order valence-electron chi connectivity index (χ1n) is 4.31. The van der Waals surface area contributed by atoms with Crippen molar-refractivity contribution in [2.45, 2.75) is 0 Å². The van der Waals surface area contributed by atoms with E-state index < -0.39 is 0 Å². The maximum atomic E-state index is 8.93. The number of rotatable bonds is 0. The van der Waals surface area contributed by atoms with E-state index in [1.807, 2.05) is 0 Å². The van der Waals surface area contributed by atoms with Crippen molar-refractivity contribution in [2.75, 3.05) is 0 Å². The van der Waals surface area contributed by atoms with Crippen molar-refractivity contribution in [1.82, 2.24) is 9.97 Å². The molecule has 0 spiro atoms. The molecule has 0 bridgehead atoms. The summed E-state index contributed by atoms with van der Waals surface area (Å²) in [4.78, 5) is 7.67. The summed E-state index contributed by atoms with van der Waals surface area (Å²) in [6.45, 7) is 0. The molecule has 0 aromatic carbocycles. The van der Waals surface area contributed by atoms with Crippen molar-refractivity contribution < 1.29 is 10.2 Å². The van der Waals surface area contributed by atoms with Crippen molar-refractivity contribution in [3.8, 4) is 11.5 Å². The fraction of sp³-hybridized carbons (Fsp3) is 0. The highest BCUT2D eigenvalue weighted by molar-refractivity contribution is 14.1. The van der Waals surface area contributed by atoms with E-state index in [-0.39, 0.29) is 11.5 Å². The van der Waals surface area contributed by atoms with Gasteiger partial charge in [-0.15, -0.1) is 0 Å². The largest absolute Gasteiger partial charge is 0.505 e. The minimum Gasteiger partial charge on any atom is -0.505 e. The van der Waals surface area contributed by atoms with E-state index in [0.29, 0.717) is 9.21 Å². The normalized spacial score (nSPS) is 9.35. The van der Waals surface area contributed by atoms with Crippen LogP contribution in [-0.4, -0.2) is 20.2 Å². The molecule has 17 heavy (non-hydrogen) atoms. The summed E-state index contributed by atoms with van der Waals surface area (Å²) < 4.78 is 1.84. The SMILES string of the molecule is Oc1ccc(I)nc1Br.Oc1cccnc1Br.